The molecule has 1 aromatic rings. The highest BCUT2D eigenvalue weighted by atomic mass is 19.3. The lowest BCUT2D eigenvalue weighted by molar-refractivity contribution is 0.140. The molecule has 1 aromatic heterocycles. The summed E-state index contributed by atoms with van der Waals surface area (Å²) in [5, 5.41) is 3.67. The first-order valence-electron chi connectivity index (χ1n) is 3.09. The fourth-order valence-corrected chi connectivity index (χ4v) is 0.888. The maximum absolute atomic E-state index is 12.2. The van der Waals surface area contributed by atoms with Crippen LogP contribution < -0.4 is 0 Å². The number of nitrogens with zero attached hydrogens (tertiary/aromatic N) is 2. The van der Waals surface area contributed by atoms with E-state index in [1.165, 1.54) is 19.3 Å². The van der Waals surface area contributed by atoms with Gasteiger partial charge in [-0.25, -0.2) is 8.78 Å². The van der Waals surface area contributed by atoms with E-state index in [4.69, 9.17) is 0 Å². The molecule has 1 heterocycles. The highest BCUT2D eigenvalue weighted by molar-refractivity contribution is 5.48. The van der Waals surface area contributed by atoms with Crippen molar-refractivity contribution < 1.29 is 8.78 Å². The smallest absolute Gasteiger partial charge is 0.266 e. The van der Waals surface area contributed by atoms with Gasteiger partial charge in [0.05, 0.1) is 6.20 Å². The molecule has 0 aromatic carbocycles. The van der Waals surface area contributed by atoms with Gasteiger partial charge in [0.1, 0.15) is 5.69 Å². The number of aryl methyl sites for hydroxylation is 1. The first-order chi connectivity index (χ1) is 5.16. The minimum Gasteiger partial charge on any atom is -0.266 e. The van der Waals surface area contributed by atoms with Crippen LogP contribution >= 0.6 is 0 Å². The molecular weight excluding hydrogens is 150 g/mol. The lowest BCUT2D eigenvalue weighted by Gasteiger charge is -2.00. The first kappa shape index (κ1) is 7.91. The van der Waals surface area contributed by atoms with Crippen molar-refractivity contribution in [3.8, 4) is 0 Å². The molecule has 0 saturated heterocycles. The Morgan fingerprint density at radius 2 is 2.36 bits per heavy atom. The maximum atomic E-state index is 12.2. The van der Waals surface area contributed by atoms with E-state index in [2.05, 4.69) is 11.7 Å². The van der Waals surface area contributed by atoms with Gasteiger partial charge in [0.2, 0.25) is 0 Å². The van der Waals surface area contributed by atoms with E-state index in [1.54, 1.807) is 0 Å². The van der Waals surface area contributed by atoms with Crippen LogP contribution in [0.2, 0.25) is 0 Å². The summed E-state index contributed by atoms with van der Waals surface area (Å²) in [6, 6.07) is 0. The average Bonchev–Trinajstić information content (AvgIpc) is 2.30. The van der Waals surface area contributed by atoms with E-state index in [1.807, 2.05) is 0 Å². The average molecular weight is 158 g/mol. The van der Waals surface area contributed by atoms with Crippen LogP contribution in [0.15, 0.2) is 12.8 Å². The number of alkyl halides is 2. The molecule has 0 aliphatic rings. The minimum absolute atomic E-state index is 0.0833. The monoisotopic (exact) mass is 158 g/mol. The second-order valence-electron chi connectivity index (χ2n) is 2.11. The van der Waals surface area contributed by atoms with Crippen molar-refractivity contribution in [2.45, 2.75) is 6.43 Å². The second-order valence-corrected chi connectivity index (χ2v) is 2.11. The van der Waals surface area contributed by atoms with Crippen LogP contribution in [0.1, 0.15) is 17.7 Å². The van der Waals surface area contributed by atoms with Crippen LogP contribution in [0.5, 0.6) is 0 Å². The molecule has 0 spiro atoms. The lowest BCUT2D eigenvalue weighted by atomic mass is 10.2. The van der Waals surface area contributed by atoms with Gasteiger partial charge in [0.25, 0.3) is 6.43 Å². The van der Waals surface area contributed by atoms with Gasteiger partial charge >= 0.3 is 0 Å². The number of halogens is 2. The molecule has 0 bridgehead atoms. The predicted molar refractivity (Wildman–Crippen MR) is 38.3 cm³/mol. The van der Waals surface area contributed by atoms with Gasteiger partial charge in [0.15, 0.2) is 0 Å². The van der Waals surface area contributed by atoms with Gasteiger partial charge in [-0.1, -0.05) is 12.7 Å². The van der Waals surface area contributed by atoms with Crippen molar-refractivity contribution in [2.75, 3.05) is 0 Å². The first-order valence-corrected chi connectivity index (χ1v) is 3.09. The normalized spacial score (nSPS) is 10.5. The lowest BCUT2D eigenvalue weighted by Crippen LogP contribution is -1.99. The summed E-state index contributed by atoms with van der Waals surface area (Å²) in [6.45, 7) is 3.40. The third kappa shape index (κ3) is 1.29. The number of hydrogen-bond acceptors (Lipinski definition) is 1. The predicted octanol–water partition coefficient (Wildman–Crippen LogP) is 2.00. The number of hydrogen-bond donors (Lipinski definition) is 0. The highest BCUT2D eigenvalue weighted by Crippen LogP contribution is 2.22. The van der Waals surface area contributed by atoms with Crippen LogP contribution in [0, 0.1) is 0 Å². The Morgan fingerprint density at radius 3 is 2.73 bits per heavy atom. The van der Waals surface area contributed by atoms with E-state index < -0.39 is 6.43 Å². The maximum Gasteiger partial charge on any atom is 0.280 e. The third-order valence-corrected chi connectivity index (χ3v) is 1.44. The molecule has 0 atom stereocenters. The molecule has 0 unspecified atom stereocenters. The molecule has 60 valence electrons. The Morgan fingerprint density at radius 1 is 1.73 bits per heavy atom. The molecule has 4 heteroatoms. The van der Waals surface area contributed by atoms with Crippen LogP contribution in [0.25, 0.3) is 6.08 Å². The summed E-state index contributed by atoms with van der Waals surface area (Å²) < 4.78 is 25.6. The van der Waals surface area contributed by atoms with E-state index in [0.717, 1.165) is 4.68 Å². The zero-order valence-corrected chi connectivity index (χ0v) is 6.09. The van der Waals surface area contributed by atoms with Gasteiger partial charge in [-0.2, -0.15) is 5.10 Å². The molecule has 0 aliphatic carbocycles. The summed E-state index contributed by atoms with van der Waals surface area (Å²) in [4.78, 5) is 0. The summed E-state index contributed by atoms with van der Waals surface area (Å²) in [5.74, 6) is 0. The minimum atomic E-state index is -2.49. The third-order valence-electron chi connectivity index (χ3n) is 1.44. The number of rotatable bonds is 2. The van der Waals surface area contributed by atoms with E-state index in [-0.39, 0.29) is 5.69 Å². The van der Waals surface area contributed by atoms with Gasteiger partial charge in [-0.05, 0) is 0 Å². The van der Waals surface area contributed by atoms with E-state index in [9.17, 15) is 8.78 Å². The van der Waals surface area contributed by atoms with Gasteiger partial charge in [0, 0.05) is 12.6 Å². The molecule has 0 fully saturated rings. The molecular formula is C7H8F2N2. The summed E-state index contributed by atoms with van der Waals surface area (Å²) in [5.41, 5.74) is 0.308. The van der Waals surface area contributed by atoms with Crippen molar-refractivity contribution in [1.29, 1.82) is 0 Å². The van der Waals surface area contributed by atoms with Crippen molar-refractivity contribution in [2.24, 2.45) is 7.05 Å². The molecule has 11 heavy (non-hydrogen) atoms. The van der Waals surface area contributed by atoms with Crippen molar-refractivity contribution >= 4 is 6.08 Å². The fourth-order valence-electron chi connectivity index (χ4n) is 0.888. The largest absolute Gasteiger partial charge is 0.280 e. The van der Waals surface area contributed by atoms with Gasteiger partial charge in [-0.3, -0.25) is 4.68 Å². The molecule has 0 aliphatic heterocycles. The van der Waals surface area contributed by atoms with E-state index >= 15 is 0 Å². The van der Waals surface area contributed by atoms with Crippen LogP contribution in [-0.4, -0.2) is 9.78 Å². The number of aromatic nitrogens is 2. The Labute approximate surface area is 63.1 Å². The summed E-state index contributed by atoms with van der Waals surface area (Å²) >= 11 is 0. The topological polar surface area (TPSA) is 17.8 Å². The molecule has 0 radical (unpaired) electrons. The second kappa shape index (κ2) is 2.82. The zero-order valence-electron chi connectivity index (χ0n) is 6.09. The molecule has 1 rings (SSSR count). The SMILES string of the molecule is C=Cc1cnn(C)c1C(F)F. The van der Waals surface area contributed by atoms with Gasteiger partial charge < -0.3 is 0 Å². The molecule has 0 N–H and O–H groups in total. The van der Waals surface area contributed by atoms with Crippen LogP contribution in [0.4, 0.5) is 8.78 Å². The Balaban J connectivity index is 3.17. The van der Waals surface area contributed by atoms with Crippen molar-refractivity contribution in [3.63, 3.8) is 0 Å². The van der Waals surface area contributed by atoms with E-state index in [0.29, 0.717) is 5.56 Å². The Hall–Kier alpha value is -1.19. The summed E-state index contributed by atoms with van der Waals surface area (Å²) in [7, 11) is 1.48. The highest BCUT2D eigenvalue weighted by Gasteiger charge is 2.15. The molecule has 2 nitrogen and oxygen atoms in total. The van der Waals surface area contributed by atoms with Crippen molar-refractivity contribution in [1.82, 2.24) is 9.78 Å². The van der Waals surface area contributed by atoms with Crippen LogP contribution in [-0.2, 0) is 7.05 Å². The zero-order chi connectivity index (χ0) is 8.43. The quantitative estimate of drug-likeness (QED) is 0.643. The molecule has 0 saturated carbocycles. The Bertz CT molecular complexity index is 265. The van der Waals surface area contributed by atoms with Gasteiger partial charge in [-0.15, -0.1) is 0 Å². The fraction of sp³-hybridized carbons (Fsp3) is 0.286. The molecule has 0 amide bonds. The summed E-state index contributed by atoms with van der Waals surface area (Å²) in [6.07, 6.45) is 0.249. The van der Waals surface area contributed by atoms with Crippen molar-refractivity contribution in [3.05, 3.63) is 24.0 Å². The standard InChI is InChI=1S/C7H8F2N2/c1-3-5-4-10-11(2)6(5)7(8)9/h3-4,7H,1H2,2H3. The Kier molecular flexibility index (Phi) is 2.03. The van der Waals surface area contributed by atoms with Crippen LogP contribution in [0.3, 0.4) is 0 Å².